The highest BCUT2D eigenvalue weighted by atomic mass is 16.5. The predicted octanol–water partition coefficient (Wildman–Crippen LogP) is 2.94. The second-order valence-corrected chi connectivity index (χ2v) is 4.19. The van der Waals surface area contributed by atoms with Crippen LogP contribution < -0.4 is 4.74 Å². The maximum atomic E-state index is 12.2. The van der Waals surface area contributed by atoms with Crippen LogP contribution in [0.2, 0.25) is 0 Å². The van der Waals surface area contributed by atoms with Gasteiger partial charge in [0.2, 0.25) is 0 Å². The largest absolute Gasteiger partial charge is 0.493 e. The van der Waals surface area contributed by atoms with Crippen LogP contribution in [0.25, 0.3) is 0 Å². The smallest absolute Gasteiger partial charge is 0.174 e. The van der Waals surface area contributed by atoms with E-state index in [0.717, 1.165) is 0 Å². The first kappa shape index (κ1) is 13.9. The normalized spacial score (nSPS) is 10.1. The molecule has 0 atom stereocenters. The molecule has 2 rings (SSSR count). The molecule has 0 aliphatic rings. The van der Waals surface area contributed by atoms with Crippen molar-refractivity contribution in [3.63, 3.8) is 0 Å². The van der Waals surface area contributed by atoms with Gasteiger partial charge in [-0.15, -0.1) is 0 Å². The number of aromatic nitrogens is 1. The monoisotopic (exact) mass is 269 g/mol. The maximum Gasteiger partial charge on any atom is 0.174 e. The van der Waals surface area contributed by atoms with Crippen molar-refractivity contribution in [2.45, 2.75) is 13.3 Å². The Hall–Kier alpha value is -2.49. The van der Waals surface area contributed by atoms with Gasteiger partial charge >= 0.3 is 0 Å². The van der Waals surface area contributed by atoms with Crippen molar-refractivity contribution in [3.05, 3.63) is 59.9 Å². The third-order valence-corrected chi connectivity index (χ3v) is 2.81. The third-order valence-electron chi connectivity index (χ3n) is 2.81. The standard InChI is InChI=1S/C16H15NO3/c1-2-20-16-6-4-3-5-13(16)15(19)11-14(18)12-7-9-17-10-8-12/h3-10H,2,11H2,1H3. The molecule has 0 N–H and O–H groups in total. The van der Waals surface area contributed by atoms with Crippen molar-refractivity contribution >= 4 is 11.6 Å². The number of pyridine rings is 1. The molecule has 0 bridgehead atoms. The molecule has 1 heterocycles. The first-order chi connectivity index (χ1) is 9.72. The molecule has 0 aliphatic heterocycles. The SMILES string of the molecule is CCOc1ccccc1C(=O)CC(=O)c1ccncc1. The summed E-state index contributed by atoms with van der Waals surface area (Å²) in [5.74, 6) is 0.0575. The van der Waals surface area contributed by atoms with Gasteiger partial charge in [-0.1, -0.05) is 12.1 Å². The molecule has 2 aromatic rings. The van der Waals surface area contributed by atoms with Gasteiger partial charge in [0.15, 0.2) is 11.6 Å². The number of nitrogens with zero attached hydrogens (tertiary/aromatic N) is 1. The lowest BCUT2D eigenvalue weighted by molar-refractivity contribution is 0.0892. The Balaban J connectivity index is 2.15. The first-order valence-corrected chi connectivity index (χ1v) is 6.40. The topological polar surface area (TPSA) is 56.3 Å². The van der Waals surface area contributed by atoms with Gasteiger partial charge in [-0.2, -0.15) is 0 Å². The average molecular weight is 269 g/mol. The summed E-state index contributed by atoms with van der Waals surface area (Å²) in [7, 11) is 0. The third kappa shape index (κ3) is 3.29. The Bertz CT molecular complexity index is 608. The summed E-state index contributed by atoms with van der Waals surface area (Å²) < 4.78 is 5.40. The molecule has 4 nitrogen and oxygen atoms in total. The average Bonchev–Trinajstić information content (AvgIpc) is 2.49. The molecule has 0 radical (unpaired) electrons. The lowest BCUT2D eigenvalue weighted by Gasteiger charge is -2.08. The van der Waals surface area contributed by atoms with E-state index in [9.17, 15) is 9.59 Å². The van der Waals surface area contributed by atoms with Gasteiger partial charge in [0.1, 0.15) is 5.75 Å². The predicted molar refractivity (Wildman–Crippen MR) is 75.1 cm³/mol. The van der Waals surface area contributed by atoms with Crippen LogP contribution in [0.3, 0.4) is 0 Å². The zero-order valence-electron chi connectivity index (χ0n) is 11.2. The van der Waals surface area contributed by atoms with Gasteiger partial charge in [0, 0.05) is 18.0 Å². The minimum absolute atomic E-state index is 0.173. The molecule has 0 aliphatic carbocycles. The van der Waals surface area contributed by atoms with Crippen LogP contribution in [0.5, 0.6) is 5.75 Å². The zero-order chi connectivity index (χ0) is 14.4. The molecule has 0 fully saturated rings. The second-order valence-electron chi connectivity index (χ2n) is 4.19. The van der Waals surface area contributed by atoms with E-state index in [0.29, 0.717) is 23.5 Å². The molecule has 0 unspecified atom stereocenters. The lowest BCUT2D eigenvalue weighted by Crippen LogP contribution is -2.10. The van der Waals surface area contributed by atoms with Crippen LogP contribution >= 0.6 is 0 Å². The van der Waals surface area contributed by atoms with Crippen molar-refractivity contribution in [1.82, 2.24) is 4.98 Å². The fourth-order valence-electron chi connectivity index (χ4n) is 1.86. The molecule has 1 aromatic heterocycles. The van der Waals surface area contributed by atoms with Crippen LogP contribution in [-0.4, -0.2) is 23.2 Å². The molecule has 0 saturated heterocycles. The summed E-state index contributed by atoms with van der Waals surface area (Å²) in [6.07, 6.45) is 2.89. The molecule has 0 amide bonds. The number of rotatable bonds is 6. The molecule has 102 valence electrons. The summed E-state index contributed by atoms with van der Waals surface area (Å²) in [6.45, 7) is 2.33. The Kier molecular flexibility index (Phi) is 4.60. The minimum Gasteiger partial charge on any atom is -0.493 e. The highest BCUT2D eigenvalue weighted by Crippen LogP contribution is 2.20. The summed E-state index contributed by atoms with van der Waals surface area (Å²) in [6, 6.07) is 10.2. The molecular formula is C16H15NO3. The molecule has 4 heteroatoms. The Labute approximate surface area is 117 Å². The van der Waals surface area contributed by atoms with Crippen molar-refractivity contribution in [3.8, 4) is 5.75 Å². The Morgan fingerprint density at radius 1 is 1.05 bits per heavy atom. The van der Waals surface area contributed by atoms with Gasteiger partial charge in [-0.05, 0) is 31.2 Å². The Morgan fingerprint density at radius 3 is 2.45 bits per heavy atom. The minimum atomic E-state index is -0.240. The summed E-state index contributed by atoms with van der Waals surface area (Å²) in [4.78, 5) is 28.1. The molecule has 1 aromatic carbocycles. The number of hydrogen-bond donors (Lipinski definition) is 0. The van der Waals surface area contributed by atoms with E-state index < -0.39 is 0 Å². The molecule has 20 heavy (non-hydrogen) atoms. The van der Waals surface area contributed by atoms with Crippen molar-refractivity contribution in [2.75, 3.05) is 6.61 Å². The van der Waals surface area contributed by atoms with E-state index in [1.54, 1.807) is 36.4 Å². The van der Waals surface area contributed by atoms with E-state index in [4.69, 9.17) is 4.74 Å². The summed E-state index contributed by atoms with van der Waals surface area (Å²) in [5.41, 5.74) is 0.930. The zero-order valence-corrected chi connectivity index (χ0v) is 11.2. The maximum absolute atomic E-state index is 12.2. The summed E-state index contributed by atoms with van der Waals surface area (Å²) >= 11 is 0. The highest BCUT2D eigenvalue weighted by Gasteiger charge is 2.16. The van der Waals surface area contributed by atoms with E-state index >= 15 is 0 Å². The van der Waals surface area contributed by atoms with Crippen LogP contribution in [0.1, 0.15) is 34.1 Å². The number of para-hydroxylation sites is 1. The number of carbonyl (C=O) groups excluding carboxylic acids is 2. The van der Waals surface area contributed by atoms with E-state index in [2.05, 4.69) is 4.98 Å². The van der Waals surface area contributed by atoms with Gasteiger partial charge < -0.3 is 4.74 Å². The van der Waals surface area contributed by atoms with E-state index in [-0.39, 0.29) is 18.0 Å². The van der Waals surface area contributed by atoms with Gasteiger partial charge in [-0.3, -0.25) is 14.6 Å². The van der Waals surface area contributed by atoms with Crippen LogP contribution in [0.4, 0.5) is 0 Å². The van der Waals surface area contributed by atoms with Gasteiger partial charge in [0.25, 0.3) is 0 Å². The number of carbonyl (C=O) groups is 2. The summed E-state index contributed by atoms with van der Waals surface area (Å²) in [5, 5.41) is 0. The van der Waals surface area contributed by atoms with Crippen molar-refractivity contribution < 1.29 is 14.3 Å². The number of benzene rings is 1. The molecular weight excluding hydrogens is 254 g/mol. The number of ether oxygens (including phenoxy) is 1. The number of Topliss-reactive ketones (excluding diaryl/α,β-unsaturated/α-hetero) is 2. The number of hydrogen-bond acceptors (Lipinski definition) is 4. The fraction of sp³-hybridized carbons (Fsp3) is 0.188. The van der Waals surface area contributed by atoms with E-state index in [1.807, 2.05) is 6.92 Å². The molecule has 0 spiro atoms. The van der Waals surface area contributed by atoms with Crippen molar-refractivity contribution in [2.24, 2.45) is 0 Å². The number of ketones is 2. The molecule has 0 saturated carbocycles. The van der Waals surface area contributed by atoms with Crippen molar-refractivity contribution in [1.29, 1.82) is 0 Å². The van der Waals surface area contributed by atoms with Gasteiger partial charge in [-0.25, -0.2) is 0 Å². The quantitative estimate of drug-likeness (QED) is 0.597. The van der Waals surface area contributed by atoms with Crippen LogP contribution in [-0.2, 0) is 0 Å². The second kappa shape index (κ2) is 6.61. The Morgan fingerprint density at radius 2 is 1.75 bits per heavy atom. The van der Waals surface area contributed by atoms with Crippen LogP contribution in [0.15, 0.2) is 48.8 Å². The van der Waals surface area contributed by atoms with Gasteiger partial charge in [0.05, 0.1) is 18.6 Å². The van der Waals surface area contributed by atoms with Crippen LogP contribution in [0, 0.1) is 0 Å². The first-order valence-electron chi connectivity index (χ1n) is 6.40. The highest BCUT2D eigenvalue weighted by molar-refractivity contribution is 6.14. The fourth-order valence-corrected chi connectivity index (χ4v) is 1.86. The van der Waals surface area contributed by atoms with E-state index in [1.165, 1.54) is 12.4 Å². The lowest BCUT2D eigenvalue weighted by atomic mass is 10.0.